The van der Waals surface area contributed by atoms with Crippen molar-refractivity contribution in [1.29, 1.82) is 0 Å². The largest absolute Gasteiger partial charge is 0.358 e. The second-order valence-corrected chi connectivity index (χ2v) is 2.91. The summed E-state index contributed by atoms with van der Waals surface area (Å²) in [5.41, 5.74) is 0. The Labute approximate surface area is 74.5 Å². The van der Waals surface area contributed by atoms with Crippen molar-refractivity contribution in [3.8, 4) is 0 Å². The van der Waals surface area contributed by atoms with Crippen LogP contribution in [-0.2, 0) is 0 Å². The molecular formula is C8H9FN2S. The first kappa shape index (κ1) is 8.93. The maximum absolute atomic E-state index is 12.4. The van der Waals surface area contributed by atoms with Gasteiger partial charge < -0.3 is 5.32 Å². The molecule has 1 aromatic rings. The maximum Gasteiger partial charge on any atom is 0.182 e. The second kappa shape index (κ2) is 4.66. The summed E-state index contributed by atoms with van der Waals surface area (Å²) in [7, 11) is 0. The molecule has 0 aliphatic heterocycles. The van der Waals surface area contributed by atoms with E-state index < -0.39 is 0 Å². The fourth-order valence-corrected chi connectivity index (χ4v) is 1.17. The van der Waals surface area contributed by atoms with Crippen LogP contribution >= 0.6 is 11.3 Å². The lowest BCUT2D eigenvalue weighted by atomic mass is 10.4. The Balaban J connectivity index is 2.32. The summed E-state index contributed by atoms with van der Waals surface area (Å²) in [5.74, 6) is -0.320. The zero-order valence-corrected chi connectivity index (χ0v) is 7.27. The molecule has 0 amide bonds. The standard InChI is InChI=1S/C8H9FN2S/c1-2-7(9)3-4-10-8-11-5-6-12-8/h2-3,5-6H,1,4H2,(H,10,11)/b7-3+. The van der Waals surface area contributed by atoms with Gasteiger partial charge in [0.1, 0.15) is 5.83 Å². The van der Waals surface area contributed by atoms with Crippen molar-refractivity contribution in [2.24, 2.45) is 0 Å². The fourth-order valence-electron chi connectivity index (χ4n) is 0.630. The van der Waals surface area contributed by atoms with E-state index in [0.29, 0.717) is 6.54 Å². The van der Waals surface area contributed by atoms with Crippen molar-refractivity contribution in [2.45, 2.75) is 0 Å². The molecule has 0 fully saturated rings. The molecule has 0 bridgehead atoms. The number of hydrogen-bond acceptors (Lipinski definition) is 3. The van der Waals surface area contributed by atoms with Gasteiger partial charge in [0.15, 0.2) is 5.13 Å². The molecule has 0 saturated carbocycles. The highest BCUT2D eigenvalue weighted by Gasteiger charge is 1.90. The van der Waals surface area contributed by atoms with E-state index in [1.807, 2.05) is 5.38 Å². The number of rotatable bonds is 4. The smallest absolute Gasteiger partial charge is 0.182 e. The van der Waals surface area contributed by atoms with E-state index in [4.69, 9.17) is 0 Å². The molecule has 4 heteroatoms. The molecule has 1 heterocycles. The van der Waals surface area contributed by atoms with Crippen molar-refractivity contribution in [1.82, 2.24) is 4.98 Å². The molecule has 0 atom stereocenters. The van der Waals surface area contributed by atoms with E-state index in [1.54, 1.807) is 6.20 Å². The number of anilines is 1. The van der Waals surface area contributed by atoms with Crippen LogP contribution in [-0.4, -0.2) is 11.5 Å². The summed E-state index contributed by atoms with van der Waals surface area (Å²) in [4.78, 5) is 3.97. The van der Waals surface area contributed by atoms with Gasteiger partial charge >= 0.3 is 0 Å². The molecule has 0 unspecified atom stereocenters. The first-order valence-corrected chi connectivity index (χ1v) is 4.32. The van der Waals surface area contributed by atoms with Crippen LogP contribution in [0.2, 0.25) is 0 Å². The normalized spacial score (nSPS) is 11.2. The van der Waals surface area contributed by atoms with Crippen LogP contribution < -0.4 is 5.32 Å². The zero-order chi connectivity index (χ0) is 8.81. The minimum Gasteiger partial charge on any atom is -0.358 e. The molecule has 0 spiro atoms. The predicted octanol–water partition coefficient (Wildman–Crippen LogP) is 2.59. The third-order valence-electron chi connectivity index (χ3n) is 1.18. The van der Waals surface area contributed by atoms with Gasteiger partial charge in [0.25, 0.3) is 0 Å². The molecule has 64 valence electrons. The van der Waals surface area contributed by atoms with Gasteiger partial charge in [0.2, 0.25) is 0 Å². The Bertz CT molecular complexity index is 267. The third kappa shape index (κ3) is 2.84. The first-order chi connectivity index (χ1) is 5.83. The Hall–Kier alpha value is -1.16. The van der Waals surface area contributed by atoms with Crippen LogP contribution in [0.15, 0.2) is 36.1 Å². The Kier molecular flexibility index (Phi) is 3.47. The highest BCUT2D eigenvalue weighted by atomic mass is 32.1. The number of allylic oxidation sites excluding steroid dienone is 2. The summed E-state index contributed by atoms with van der Waals surface area (Å²) in [6, 6.07) is 0. The van der Waals surface area contributed by atoms with Crippen LogP contribution in [0.3, 0.4) is 0 Å². The van der Waals surface area contributed by atoms with Crippen molar-refractivity contribution < 1.29 is 4.39 Å². The van der Waals surface area contributed by atoms with Gasteiger partial charge in [-0.15, -0.1) is 11.3 Å². The average Bonchev–Trinajstić information content (AvgIpc) is 2.57. The molecule has 0 saturated heterocycles. The highest BCUT2D eigenvalue weighted by Crippen LogP contribution is 2.09. The van der Waals surface area contributed by atoms with E-state index in [2.05, 4.69) is 16.9 Å². The third-order valence-corrected chi connectivity index (χ3v) is 1.91. The lowest BCUT2D eigenvalue weighted by Gasteiger charge is -1.95. The van der Waals surface area contributed by atoms with Gasteiger partial charge in [-0.25, -0.2) is 9.37 Å². The first-order valence-electron chi connectivity index (χ1n) is 3.44. The van der Waals surface area contributed by atoms with Crippen LogP contribution in [0, 0.1) is 0 Å². The summed E-state index contributed by atoms with van der Waals surface area (Å²) < 4.78 is 12.4. The van der Waals surface area contributed by atoms with Crippen LogP contribution in [0.4, 0.5) is 9.52 Å². The van der Waals surface area contributed by atoms with Gasteiger partial charge in [-0.2, -0.15) is 0 Å². The van der Waals surface area contributed by atoms with E-state index in [0.717, 1.165) is 5.13 Å². The molecule has 12 heavy (non-hydrogen) atoms. The lowest BCUT2D eigenvalue weighted by molar-refractivity contribution is 0.664. The van der Waals surface area contributed by atoms with Crippen LogP contribution in [0.1, 0.15) is 0 Å². The molecule has 0 aromatic carbocycles. The molecular weight excluding hydrogens is 175 g/mol. The SMILES string of the molecule is C=C/C(F)=C\CNc1nccs1. The zero-order valence-electron chi connectivity index (χ0n) is 6.46. The number of hydrogen-bond donors (Lipinski definition) is 1. The molecule has 0 aliphatic rings. The molecule has 0 radical (unpaired) electrons. The fraction of sp³-hybridized carbons (Fsp3) is 0.125. The number of halogens is 1. The van der Waals surface area contributed by atoms with Crippen molar-refractivity contribution >= 4 is 16.5 Å². The van der Waals surface area contributed by atoms with E-state index in [9.17, 15) is 4.39 Å². The van der Waals surface area contributed by atoms with E-state index >= 15 is 0 Å². The van der Waals surface area contributed by atoms with E-state index in [-0.39, 0.29) is 5.83 Å². The van der Waals surface area contributed by atoms with Crippen LogP contribution in [0.25, 0.3) is 0 Å². The van der Waals surface area contributed by atoms with Crippen molar-refractivity contribution in [3.63, 3.8) is 0 Å². The maximum atomic E-state index is 12.4. The van der Waals surface area contributed by atoms with Crippen molar-refractivity contribution in [2.75, 3.05) is 11.9 Å². The molecule has 0 aliphatic carbocycles. The van der Waals surface area contributed by atoms with Gasteiger partial charge in [-0.1, -0.05) is 6.58 Å². The minimum atomic E-state index is -0.320. The summed E-state index contributed by atoms with van der Waals surface area (Å²) >= 11 is 1.48. The molecule has 1 N–H and O–H groups in total. The number of nitrogens with zero attached hydrogens (tertiary/aromatic N) is 1. The highest BCUT2D eigenvalue weighted by molar-refractivity contribution is 7.13. The summed E-state index contributed by atoms with van der Waals surface area (Å²) in [5, 5.41) is 5.58. The summed E-state index contributed by atoms with van der Waals surface area (Å²) in [6.45, 7) is 3.73. The number of nitrogens with one attached hydrogen (secondary N) is 1. The lowest BCUT2D eigenvalue weighted by Crippen LogP contribution is -1.97. The molecule has 1 aromatic heterocycles. The summed E-state index contributed by atoms with van der Waals surface area (Å²) in [6.07, 6.45) is 4.28. The molecule has 1 rings (SSSR count). The van der Waals surface area contributed by atoms with E-state index in [1.165, 1.54) is 23.5 Å². The minimum absolute atomic E-state index is 0.320. The monoisotopic (exact) mass is 184 g/mol. The average molecular weight is 184 g/mol. The Morgan fingerprint density at radius 2 is 2.67 bits per heavy atom. The van der Waals surface area contributed by atoms with Gasteiger partial charge in [0.05, 0.1) is 0 Å². The van der Waals surface area contributed by atoms with Gasteiger partial charge in [-0.05, 0) is 12.2 Å². The van der Waals surface area contributed by atoms with Gasteiger partial charge in [-0.3, -0.25) is 0 Å². The van der Waals surface area contributed by atoms with Crippen LogP contribution in [0.5, 0.6) is 0 Å². The Morgan fingerprint density at radius 1 is 1.83 bits per heavy atom. The quantitative estimate of drug-likeness (QED) is 0.727. The van der Waals surface area contributed by atoms with Crippen molar-refractivity contribution in [3.05, 3.63) is 36.1 Å². The predicted molar refractivity (Wildman–Crippen MR) is 50.0 cm³/mol. The molecule has 2 nitrogen and oxygen atoms in total. The number of thiazole rings is 1. The Morgan fingerprint density at radius 3 is 3.25 bits per heavy atom. The number of aromatic nitrogens is 1. The second-order valence-electron chi connectivity index (χ2n) is 2.01. The van der Waals surface area contributed by atoms with Gasteiger partial charge in [0, 0.05) is 18.1 Å². The topological polar surface area (TPSA) is 24.9 Å².